The highest BCUT2D eigenvalue weighted by Crippen LogP contribution is 2.17. The van der Waals surface area contributed by atoms with Gasteiger partial charge in [0.1, 0.15) is 0 Å². The molecule has 0 aliphatic heterocycles. The average Bonchev–Trinajstić information content (AvgIpc) is 2.58. The summed E-state index contributed by atoms with van der Waals surface area (Å²) in [5.74, 6) is -1.33. The van der Waals surface area contributed by atoms with E-state index in [9.17, 15) is 18.0 Å². The first kappa shape index (κ1) is 20.9. The number of amides is 1. The van der Waals surface area contributed by atoms with Gasteiger partial charge in [-0.3, -0.25) is 4.79 Å². The molecule has 6 nitrogen and oxygen atoms in total. The molecule has 0 heterocycles. The summed E-state index contributed by atoms with van der Waals surface area (Å²) >= 11 is 5.93. The Balaban J connectivity index is 1.91. The number of ether oxygens (including phenoxy) is 1. The van der Waals surface area contributed by atoms with Gasteiger partial charge in [-0.1, -0.05) is 35.9 Å². The minimum Gasteiger partial charge on any atom is -0.452 e. The van der Waals surface area contributed by atoms with E-state index in [-0.39, 0.29) is 17.4 Å². The number of sulfone groups is 1. The Morgan fingerprint density at radius 1 is 1.15 bits per heavy atom. The van der Waals surface area contributed by atoms with Crippen LogP contribution in [0.1, 0.15) is 34.5 Å². The Hall–Kier alpha value is -2.38. The first-order valence-corrected chi connectivity index (χ1v) is 10.6. The Labute approximate surface area is 163 Å². The highest BCUT2D eigenvalue weighted by molar-refractivity contribution is 7.89. The van der Waals surface area contributed by atoms with Crippen LogP contribution in [0, 0.1) is 0 Å². The number of hydrogen-bond acceptors (Lipinski definition) is 5. The predicted molar refractivity (Wildman–Crippen MR) is 103 cm³/mol. The SMILES string of the molecule is C[C@@H](NC(=O)COC(=O)c1cccc(CS(C)(=O)=O)c1)c1cccc(Cl)c1. The molecule has 0 spiro atoms. The van der Waals surface area contributed by atoms with Gasteiger partial charge in [0.15, 0.2) is 16.4 Å². The van der Waals surface area contributed by atoms with Crippen LogP contribution in [-0.4, -0.2) is 33.2 Å². The smallest absolute Gasteiger partial charge is 0.338 e. The Morgan fingerprint density at radius 3 is 2.52 bits per heavy atom. The van der Waals surface area contributed by atoms with E-state index in [1.165, 1.54) is 12.1 Å². The van der Waals surface area contributed by atoms with E-state index in [2.05, 4.69) is 5.32 Å². The highest BCUT2D eigenvalue weighted by atomic mass is 35.5. The molecular formula is C19H20ClNO5S. The lowest BCUT2D eigenvalue weighted by Gasteiger charge is -2.14. The lowest BCUT2D eigenvalue weighted by atomic mass is 10.1. The van der Waals surface area contributed by atoms with Gasteiger partial charge in [0, 0.05) is 11.3 Å². The van der Waals surface area contributed by atoms with Crippen molar-refractivity contribution in [2.45, 2.75) is 18.7 Å². The van der Waals surface area contributed by atoms with Crippen LogP contribution < -0.4 is 5.32 Å². The second kappa shape index (κ2) is 9.01. The Bertz CT molecular complexity index is 943. The van der Waals surface area contributed by atoms with Crippen LogP contribution in [0.2, 0.25) is 5.02 Å². The quantitative estimate of drug-likeness (QED) is 0.710. The third kappa shape index (κ3) is 7.03. The molecule has 0 aromatic heterocycles. The molecule has 0 fully saturated rings. The molecule has 0 saturated heterocycles. The molecule has 8 heteroatoms. The highest BCUT2D eigenvalue weighted by Gasteiger charge is 2.14. The topological polar surface area (TPSA) is 89.5 Å². The standard InChI is InChI=1S/C19H20ClNO5S/c1-13(15-6-4-8-17(20)10-15)21-18(22)11-26-19(23)16-7-3-5-14(9-16)12-27(2,24)25/h3-10,13H,11-12H2,1-2H3,(H,21,22)/t13-/m1/s1. The van der Waals surface area contributed by atoms with Crippen LogP contribution in [0.3, 0.4) is 0 Å². The van der Waals surface area contributed by atoms with Crippen LogP contribution in [0.15, 0.2) is 48.5 Å². The zero-order chi connectivity index (χ0) is 20.0. The number of benzene rings is 2. The number of halogens is 1. The third-order valence-corrected chi connectivity index (χ3v) is 4.74. The van der Waals surface area contributed by atoms with Gasteiger partial charge < -0.3 is 10.1 Å². The van der Waals surface area contributed by atoms with Crippen molar-refractivity contribution in [2.24, 2.45) is 0 Å². The monoisotopic (exact) mass is 409 g/mol. The second-order valence-electron chi connectivity index (χ2n) is 6.19. The van der Waals surface area contributed by atoms with Crippen LogP contribution in [0.5, 0.6) is 0 Å². The second-order valence-corrected chi connectivity index (χ2v) is 8.77. The largest absolute Gasteiger partial charge is 0.452 e. The van der Waals surface area contributed by atoms with Crippen LogP contribution in [0.4, 0.5) is 0 Å². The molecule has 2 aromatic carbocycles. The maximum atomic E-state index is 12.1. The normalized spacial score (nSPS) is 12.3. The summed E-state index contributed by atoms with van der Waals surface area (Å²) < 4.78 is 27.7. The lowest BCUT2D eigenvalue weighted by molar-refractivity contribution is -0.124. The summed E-state index contributed by atoms with van der Waals surface area (Å²) in [5, 5.41) is 3.28. The molecule has 0 radical (unpaired) electrons. The van der Waals surface area contributed by atoms with Crippen molar-refractivity contribution in [2.75, 3.05) is 12.9 Å². The van der Waals surface area contributed by atoms with Crippen molar-refractivity contribution in [1.29, 1.82) is 0 Å². The maximum Gasteiger partial charge on any atom is 0.338 e. The van der Waals surface area contributed by atoms with Gasteiger partial charge >= 0.3 is 5.97 Å². The molecule has 0 bridgehead atoms. The van der Waals surface area contributed by atoms with Gasteiger partial charge in [-0.05, 0) is 42.3 Å². The van der Waals surface area contributed by atoms with E-state index in [0.717, 1.165) is 11.8 Å². The lowest BCUT2D eigenvalue weighted by Crippen LogP contribution is -2.31. The predicted octanol–water partition coefficient (Wildman–Crippen LogP) is 2.92. The minimum absolute atomic E-state index is 0.175. The fourth-order valence-electron chi connectivity index (χ4n) is 2.45. The molecule has 0 saturated carbocycles. The van der Waals surface area contributed by atoms with Crippen molar-refractivity contribution in [3.05, 3.63) is 70.2 Å². The zero-order valence-corrected chi connectivity index (χ0v) is 16.5. The van der Waals surface area contributed by atoms with Gasteiger partial charge in [0.05, 0.1) is 17.4 Å². The van der Waals surface area contributed by atoms with E-state index in [4.69, 9.17) is 16.3 Å². The molecule has 27 heavy (non-hydrogen) atoms. The number of carbonyl (C=O) groups is 2. The average molecular weight is 410 g/mol. The summed E-state index contributed by atoms with van der Waals surface area (Å²) in [6.45, 7) is 1.35. The number of rotatable bonds is 7. The van der Waals surface area contributed by atoms with Gasteiger partial charge in [-0.2, -0.15) is 0 Å². The molecule has 0 unspecified atom stereocenters. The molecular weight excluding hydrogens is 390 g/mol. The number of carbonyl (C=O) groups excluding carboxylic acids is 2. The van der Waals surface area contributed by atoms with Gasteiger partial charge in [-0.15, -0.1) is 0 Å². The third-order valence-electron chi connectivity index (χ3n) is 3.65. The molecule has 2 aromatic rings. The minimum atomic E-state index is -3.21. The molecule has 0 aliphatic carbocycles. The summed E-state index contributed by atoms with van der Waals surface area (Å²) in [7, 11) is -3.21. The van der Waals surface area contributed by atoms with Gasteiger partial charge in [0.25, 0.3) is 5.91 Å². The first-order valence-electron chi connectivity index (χ1n) is 8.12. The number of esters is 1. The van der Waals surface area contributed by atoms with Gasteiger partial charge in [-0.25, -0.2) is 13.2 Å². The summed E-state index contributed by atoms with van der Waals surface area (Å²) in [4.78, 5) is 24.1. The fourth-order valence-corrected chi connectivity index (χ4v) is 3.43. The van der Waals surface area contributed by atoms with E-state index < -0.39 is 28.3 Å². The van der Waals surface area contributed by atoms with Crippen LogP contribution in [-0.2, 0) is 25.1 Å². The fraction of sp³-hybridized carbons (Fsp3) is 0.263. The van der Waals surface area contributed by atoms with E-state index in [0.29, 0.717) is 10.6 Å². The molecule has 144 valence electrons. The summed E-state index contributed by atoms with van der Waals surface area (Å²) in [6, 6.07) is 12.9. The molecule has 2 rings (SSSR count). The number of hydrogen-bond donors (Lipinski definition) is 1. The Morgan fingerprint density at radius 2 is 1.85 bits per heavy atom. The summed E-state index contributed by atoms with van der Waals surface area (Å²) in [6.07, 6.45) is 1.11. The molecule has 1 N–H and O–H groups in total. The van der Waals surface area contributed by atoms with Crippen LogP contribution in [0.25, 0.3) is 0 Å². The van der Waals surface area contributed by atoms with E-state index >= 15 is 0 Å². The maximum absolute atomic E-state index is 12.1. The molecule has 1 atom stereocenters. The van der Waals surface area contributed by atoms with Crippen molar-refractivity contribution in [3.8, 4) is 0 Å². The van der Waals surface area contributed by atoms with Gasteiger partial charge in [0.2, 0.25) is 0 Å². The van der Waals surface area contributed by atoms with Crippen molar-refractivity contribution >= 4 is 33.3 Å². The molecule has 0 aliphatic rings. The van der Waals surface area contributed by atoms with Crippen LogP contribution >= 0.6 is 11.6 Å². The Kier molecular flexibility index (Phi) is 6.98. The van der Waals surface area contributed by atoms with Crippen molar-refractivity contribution in [3.63, 3.8) is 0 Å². The van der Waals surface area contributed by atoms with Crippen molar-refractivity contribution in [1.82, 2.24) is 5.32 Å². The van der Waals surface area contributed by atoms with E-state index in [1.54, 1.807) is 37.3 Å². The van der Waals surface area contributed by atoms with Crippen molar-refractivity contribution < 1.29 is 22.7 Å². The zero-order valence-electron chi connectivity index (χ0n) is 14.9. The van der Waals surface area contributed by atoms with E-state index in [1.807, 2.05) is 6.07 Å². The summed E-state index contributed by atoms with van der Waals surface area (Å²) in [5.41, 5.74) is 1.49. The first-order chi connectivity index (χ1) is 12.6. The number of nitrogens with one attached hydrogen (secondary N) is 1. The molecule has 1 amide bonds.